The minimum atomic E-state index is -0.410. The van der Waals surface area contributed by atoms with Crippen LogP contribution < -0.4 is 0 Å². The smallest absolute Gasteiger partial charge is 0.331 e. The Labute approximate surface area is 176 Å². The highest BCUT2D eigenvalue weighted by Gasteiger charge is 2.12. The SMILES string of the molecule is Cc1ccc(Cn2nc(C)c(/C=C/C(=O)OCc3cc(C)ccc3C)c2Cl)cc1. The summed E-state index contributed by atoms with van der Waals surface area (Å²) in [5, 5.41) is 5.00. The van der Waals surface area contributed by atoms with Crippen LogP contribution in [0.25, 0.3) is 6.08 Å². The molecule has 0 aliphatic rings. The van der Waals surface area contributed by atoms with E-state index in [1.807, 2.05) is 39.0 Å². The van der Waals surface area contributed by atoms with Crippen molar-refractivity contribution in [2.45, 2.75) is 40.8 Å². The Morgan fingerprint density at radius 3 is 2.48 bits per heavy atom. The number of halogens is 1. The molecule has 0 saturated carbocycles. The highest BCUT2D eigenvalue weighted by molar-refractivity contribution is 6.31. The van der Waals surface area contributed by atoms with Gasteiger partial charge in [0.2, 0.25) is 0 Å². The molecule has 150 valence electrons. The van der Waals surface area contributed by atoms with Gasteiger partial charge in [-0.15, -0.1) is 0 Å². The van der Waals surface area contributed by atoms with Gasteiger partial charge in [0, 0.05) is 11.6 Å². The number of benzene rings is 2. The van der Waals surface area contributed by atoms with E-state index in [0.29, 0.717) is 11.7 Å². The van der Waals surface area contributed by atoms with Gasteiger partial charge in [-0.3, -0.25) is 0 Å². The van der Waals surface area contributed by atoms with Crippen LogP contribution in [-0.4, -0.2) is 15.7 Å². The topological polar surface area (TPSA) is 44.1 Å². The number of ether oxygens (including phenoxy) is 1. The zero-order chi connectivity index (χ0) is 21.0. The lowest BCUT2D eigenvalue weighted by Gasteiger charge is -2.07. The average molecular weight is 409 g/mol. The van der Waals surface area contributed by atoms with Gasteiger partial charge >= 0.3 is 5.97 Å². The summed E-state index contributed by atoms with van der Waals surface area (Å²) in [4.78, 5) is 12.2. The van der Waals surface area contributed by atoms with Gasteiger partial charge < -0.3 is 4.74 Å². The molecule has 0 N–H and O–H groups in total. The molecule has 0 atom stereocenters. The van der Waals surface area contributed by atoms with Crippen LogP contribution in [-0.2, 0) is 22.7 Å². The number of aromatic nitrogens is 2. The molecule has 1 aromatic heterocycles. The molecule has 0 amide bonds. The van der Waals surface area contributed by atoms with Crippen molar-refractivity contribution in [2.75, 3.05) is 0 Å². The summed E-state index contributed by atoms with van der Waals surface area (Å²) in [5.41, 5.74) is 7.06. The molecule has 5 heteroatoms. The highest BCUT2D eigenvalue weighted by atomic mass is 35.5. The fraction of sp³-hybridized carbons (Fsp3) is 0.250. The Balaban J connectivity index is 1.66. The van der Waals surface area contributed by atoms with E-state index < -0.39 is 5.97 Å². The summed E-state index contributed by atoms with van der Waals surface area (Å²) in [7, 11) is 0. The Kier molecular flexibility index (Phi) is 6.55. The lowest BCUT2D eigenvalue weighted by Crippen LogP contribution is -2.02. The molecule has 0 bridgehead atoms. The number of hydrogen-bond donors (Lipinski definition) is 0. The van der Waals surface area contributed by atoms with Gasteiger partial charge in [-0.25, -0.2) is 9.48 Å². The summed E-state index contributed by atoms with van der Waals surface area (Å²) in [6.45, 7) is 8.77. The Bertz CT molecular complexity index is 1050. The minimum Gasteiger partial charge on any atom is -0.458 e. The predicted molar refractivity (Wildman–Crippen MR) is 117 cm³/mol. The van der Waals surface area contributed by atoms with Gasteiger partial charge in [-0.05, 0) is 50.5 Å². The van der Waals surface area contributed by atoms with Crippen molar-refractivity contribution < 1.29 is 9.53 Å². The van der Waals surface area contributed by atoms with Gasteiger partial charge in [-0.1, -0.05) is 65.2 Å². The van der Waals surface area contributed by atoms with Crippen molar-refractivity contribution in [3.05, 3.63) is 92.8 Å². The molecule has 3 aromatic rings. The van der Waals surface area contributed by atoms with Crippen LogP contribution in [0.15, 0.2) is 48.5 Å². The molecule has 0 aliphatic heterocycles. The second kappa shape index (κ2) is 9.10. The summed E-state index contributed by atoms with van der Waals surface area (Å²) < 4.78 is 7.12. The van der Waals surface area contributed by atoms with Crippen LogP contribution >= 0.6 is 11.6 Å². The summed E-state index contributed by atoms with van der Waals surface area (Å²) >= 11 is 6.50. The molecule has 29 heavy (non-hydrogen) atoms. The van der Waals surface area contributed by atoms with Crippen molar-refractivity contribution in [3.63, 3.8) is 0 Å². The molecule has 1 heterocycles. The third-order valence-corrected chi connectivity index (χ3v) is 5.22. The van der Waals surface area contributed by atoms with Crippen molar-refractivity contribution in [1.29, 1.82) is 0 Å². The number of esters is 1. The van der Waals surface area contributed by atoms with Crippen LogP contribution in [0, 0.1) is 27.7 Å². The first-order chi connectivity index (χ1) is 13.8. The Hall–Kier alpha value is -2.85. The normalized spacial score (nSPS) is 11.2. The van der Waals surface area contributed by atoms with E-state index in [0.717, 1.165) is 33.5 Å². The zero-order valence-electron chi connectivity index (χ0n) is 17.2. The van der Waals surface area contributed by atoms with E-state index in [-0.39, 0.29) is 6.61 Å². The zero-order valence-corrected chi connectivity index (χ0v) is 18.0. The van der Waals surface area contributed by atoms with Gasteiger partial charge in [-0.2, -0.15) is 5.10 Å². The van der Waals surface area contributed by atoms with Gasteiger partial charge in [0.15, 0.2) is 0 Å². The number of hydrogen-bond acceptors (Lipinski definition) is 3. The first kappa shape index (κ1) is 20.9. The summed E-state index contributed by atoms with van der Waals surface area (Å²) in [6.07, 6.45) is 3.07. The number of carbonyl (C=O) groups is 1. The van der Waals surface area contributed by atoms with Crippen molar-refractivity contribution in [2.24, 2.45) is 0 Å². The second-order valence-corrected chi connectivity index (χ2v) is 7.66. The second-order valence-electron chi connectivity index (χ2n) is 7.30. The number of nitrogens with zero attached hydrogens (tertiary/aromatic N) is 2. The molecule has 2 aromatic carbocycles. The molecule has 3 rings (SSSR count). The molecular weight excluding hydrogens is 384 g/mol. The monoisotopic (exact) mass is 408 g/mol. The van der Waals surface area contributed by atoms with Gasteiger partial charge in [0.1, 0.15) is 11.8 Å². The first-order valence-corrected chi connectivity index (χ1v) is 9.90. The third kappa shape index (κ3) is 5.36. The van der Waals surface area contributed by atoms with Crippen LogP contribution in [0.1, 0.15) is 39.1 Å². The molecule has 0 aliphatic carbocycles. The van der Waals surface area contributed by atoms with Crippen molar-refractivity contribution >= 4 is 23.6 Å². The van der Waals surface area contributed by atoms with E-state index in [2.05, 4.69) is 36.3 Å². The quantitative estimate of drug-likeness (QED) is 0.395. The molecule has 0 saturated heterocycles. The number of carbonyl (C=O) groups excluding carboxylic acids is 1. The van der Waals surface area contributed by atoms with E-state index in [1.165, 1.54) is 11.6 Å². The fourth-order valence-electron chi connectivity index (χ4n) is 3.03. The molecule has 0 fully saturated rings. The number of rotatable bonds is 6. The van der Waals surface area contributed by atoms with E-state index >= 15 is 0 Å². The maximum absolute atomic E-state index is 12.2. The first-order valence-electron chi connectivity index (χ1n) is 9.53. The Morgan fingerprint density at radius 2 is 1.76 bits per heavy atom. The molecule has 0 spiro atoms. The minimum absolute atomic E-state index is 0.246. The van der Waals surface area contributed by atoms with Crippen molar-refractivity contribution in [3.8, 4) is 0 Å². The maximum atomic E-state index is 12.2. The fourth-order valence-corrected chi connectivity index (χ4v) is 3.33. The van der Waals surface area contributed by atoms with Gasteiger partial charge in [0.25, 0.3) is 0 Å². The Morgan fingerprint density at radius 1 is 1.07 bits per heavy atom. The van der Waals surface area contributed by atoms with E-state index in [9.17, 15) is 4.79 Å². The number of aryl methyl sites for hydroxylation is 4. The van der Waals surface area contributed by atoms with E-state index in [1.54, 1.807) is 10.8 Å². The van der Waals surface area contributed by atoms with Crippen LogP contribution in [0.4, 0.5) is 0 Å². The van der Waals surface area contributed by atoms with Crippen LogP contribution in [0.2, 0.25) is 5.15 Å². The molecule has 4 nitrogen and oxygen atoms in total. The van der Waals surface area contributed by atoms with Crippen molar-refractivity contribution in [1.82, 2.24) is 9.78 Å². The predicted octanol–water partition coefficient (Wildman–Crippen LogP) is 5.58. The lowest BCUT2D eigenvalue weighted by atomic mass is 10.1. The standard InChI is InChI=1S/C24H25ClN2O2/c1-16-6-9-20(10-7-16)14-27-24(25)22(19(4)26-27)11-12-23(28)29-15-21-13-17(2)5-8-18(21)3/h5-13H,14-15H2,1-4H3/b12-11+. The van der Waals surface area contributed by atoms with Crippen LogP contribution in [0.3, 0.4) is 0 Å². The molecule has 0 radical (unpaired) electrons. The largest absolute Gasteiger partial charge is 0.458 e. The summed E-state index contributed by atoms with van der Waals surface area (Å²) in [5.74, 6) is -0.410. The average Bonchev–Trinajstić information content (AvgIpc) is 2.95. The third-order valence-electron chi connectivity index (χ3n) is 4.82. The molecule has 0 unspecified atom stereocenters. The lowest BCUT2D eigenvalue weighted by molar-refractivity contribution is -0.138. The highest BCUT2D eigenvalue weighted by Crippen LogP contribution is 2.22. The summed E-state index contributed by atoms with van der Waals surface area (Å²) in [6, 6.07) is 14.3. The maximum Gasteiger partial charge on any atom is 0.331 e. The molecular formula is C24H25ClN2O2. The van der Waals surface area contributed by atoms with Gasteiger partial charge in [0.05, 0.1) is 12.2 Å². The van der Waals surface area contributed by atoms with Crippen LogP contribution in [0.5, 0.6) is 0 Å². The van der Waals surface area contributed by atoms with E-state index in [4.69, 9.17) is 16.3 Å².